The van der Waals surface area contributed by atoms with Crippen molar-refractivity contribution in [2.24, 2.45) is 0 Å². The molecule has 0 saturated carbocycles. The van der Waals surface area contributed by atoms with Gasteiger partial charge in [0.05, 0.1) is 11.5 Å². The van der Waals surface area contributed by atoms with Crippen LogP contribution in [0.15, 0.2) is 23.1 Å². The highest BCUT2D eigenvalue weighted by molar-refractivity contribution is 7.85. The van der Waals surface area contributed by atoms with Gasteiger partial charge in [-0.25, -0.2) is 0 Å². The Morgan fingerprint density at radius 1 is 0.917 bits per heavy atom. The number of unbranched alkanes of at least 4 members (excludes halogenated alkanes) is 9. The highest BCUT2D eigenvalue weighted by Crippen LogP contribution is 2.21. The molecule has 24 heavy (non-hydrogen) atoms. The summed E-state index contributed by atoms with van der Waals surface area (Å²) < 4.78 is 37.0. The molecule has 1 aromatic rings. The Hall–Kier alpha value is -1.07. The molecule has 0 amide bonds. The molecule has 138 valence electrons. The minimum Gasteiger partial charge on any atom is -0.494 e. The predicted molar refractivity (Wildman–Crippen MR) is 98.3 cm³/mol. The van der Waals surface area contributed by atoms with E-state index in [1.165, 1.54) is 57.4 Å². The maximum atomic E-state index is 11.1. The highest BCUT2D eigenvalue weighted by atomic mass is 32.2. The van der Waals surface area contributed by atoms with Crippen LogP contribution in [-0.2, 0) is 10.1 Å². The molecule has 4 nitrogen and oxygen atoms in total. The summed E-state index contributed by atoms with van der Waals surface area (Å²) in [6.45, 7) is 4.53. The van der Waals surface area contributed by atoms with Crippen LogP contribution in [0.4, 0.5) is 0 Å². The van der Waals surface area contributed by atoms with E-state index in [9.17, 15) is 8.42 Å². The molecule has 0 unspecified atom stereocenters. The van der Waals surface area contributed by atoms with E-state index in [2.05, 4.69) is 6.92 Å². The van der Waals surface area contributed by atoms with E-state index in [0.29, 0.717) is 17.9 Å². The molecule has 0 radical (unpaired) electrons. The van der Waals surface area contributed by atoms with Crippen LogP contribution in [0.1, 0.15) is 76.7 Å². The van der Waals surface area contributed by atoms with E-state index < -0.39 is 10.1 Å². The van der Waals surface area contributed by atoms with Crippen LogP contribution >= 0.6 is 0 Å². The van der Waals surface area contributed by atoms with Crippen molar-refractivity contribution in [3.05, 3.63) is 23.8 Å². The first-order chi connectivity index (χ1) is 11.4. The van der Waals surface area contributed by atoms with Crippen molar-refractivity contribution in [3.8, 4) is 5.75 Å². The topological polar surface area (TPSA) is 63.6 Å². The lowest BCUT2D eigenvalue weighted by Gasteiger charge is -2.09. The van der Waals surface area contributed by atoms with E-state index in [1.807, 2.05) is 0 Å². The lowest BCUT2D eigenvalue weighted by molar-refractivity contribution is 0.304. The van der Waals surface area contributed by atoms with Crippen molar-refractivity contribution >= 4 is 10.1 Å². The van der Waals surface area contributed by atoms with Crippen LogP contribution in [0.3, 0.4) is 0 Å². The number of rotatable bonds is 13. The zero-order valence-electron chi connectivity index (χ0n) is 15.1. The summed E-state index contributed by atoms with van der Waals surface area (Å²) in [7, 11) is -4.15. The first-order valence-corrected chi connectivity index (χ1v) is 10.6. The van der Waals surface area contributed by atoms with E-state index in [4.69, 9.17) is 9.29 Å². The second-order valence-corrected chi connectivity index (χ2v) is 7.82. The Morgan fingerprint density at radius 3 is 1.96 bits per heavy atom. The molecule has 0 aliphatic heterocycles. The van der Waals surface area contributed by atoms with Crippen molar-refractivity contribution in [2.75, 3.05) is 6.61 Å². The Labute approximate surface area is 147 Å². The average Bonchev–Trinajstić information content (AvgIpc) is 2.51. The van der Waals surface area contributed by atoms with Gasteiger partial charge >= 0.3 is 0 Å². The first kappa shape index (κ1) is 21.0. The molecular formula is C19H32O4S. The lowest BCUT2D eigenvalue weighted by atomic mass is 10.1. The fourth-order valence-electron chi connectivity index (χ4n) is 2.78. The van der Waals surface area contributed by atoms with E-state index in [1.54, 1.807) is 19.1 Å². The zero-order chi connectivity index (χ0) is 17.8. The first-order valence-electron chi connectivity index (χ1n) is 9.16. The standard InChI is InChI=1S/C19H32O4S/c1-3-4-5-6-7-8-9-10-11-12-15-23-18-13-14-19(17(2)16-18)24(20,21)22/h13-14,16H,3-12,15H2,1-2H3,(H,20,21,22). The summed E-state index contributed by atoms with van der Waals surface area (Å²) in [5.74, 6) is 0.649. The van der Waals surface area contributed by atoms with Gasteiger partial charge in [-0.3, -0.25) is 4.55 Å². The molecule has 0 atom stereocenters. The largest absolute Gasteiger partial charge is 0.494 e. The fourth-order valence-corrected chi connectivity index (χ4v) is 3.49. The van der Waals surface area contributed by atoms with Crippen LogP contribution in [0.25, 0.3) is 0 Å². The van der Waals surface area contributed by atoms with Gasteiger partial charge in [-0.15, -0.1) is 0 Å². The third-order valence-corrected chi connectivity index (χ3v) is 5.20. The van der Waals surface area contributed by atoms with Crippen LogP contribution in [0.5, 0.6) is 5.75 Å². The van der Waals surface area contributed by atoms with Crippen molar-refractivity contribution in [2.45, 2.75) is 83.0 Å². The summed E-state index contributed by atoms with van der Waals surface area (Å²) in [6.07, 6.45) is 12.8. The van der Waals surface area contributed by atoms with Gasteiger partial charge in [0.1, 0.15) is 5.75 Å². The fraction of sp³-hybridized carbons (Fsp3) is 0.684. The normalized spacial score (nSPS) is 11.6. The molecular weight excluding hydrogens is 324 g/mol. The number of hydrogen-bond donors (Lipinski definition) is 1. The molecule has 0 aliphatic rings. The molecule has 5 heteroatoms. The molecule has 0 heterocycles. The number of hydrogen-bond acceptors (Lipinski definition) is 3. The Kier molecular flexibility index (Phi) is 10.0. The van der Waals surface area contributed by atoms with Gasteiger partial charge in [-0.05, 0) is 37.1 Å². The highest BCUT2D eigenvalue weighted by Gasteiger charge is 2.13. The Morgan fingerprint density at radius 2 is 1.46 bits per heavy atom. The van der Waals surface area contributed by atoms with E-state index in [-0.39, 0.29) is 4.90 Å². The molecule has 1 N–H and O–H groups in total. The van der Waals surface area contributed by atoms with Gasteiger partial charge in [0, 0.05) is 0 Å². The molecule has 1 aromatic carbocycles. The average molecular weight is 357 g/mol. The summed E-state index contributed by atoms with van der Waals surface area (Å²) >= 11 is 0. The van der Waals surface area contributed by atoms with E-state index >= 15 is 0 Å². The van der Waals surface area contributed by atoms with Crippen molar-refractivity contribution in [1.82, 2.24) is 0 Å². The number of ether oxygens (including phenoxy) is 1. The van der Waals surface area contributed by atoms with Crippen molar-refractivity contribution in [1.29, 1.82) is 0 Å². The van der Waals surface area contributed by atoms with Crippen LogP contribution < -0.4 is 4.74 Å². The lowest BCUT2D eigenvalue weighted by Crippen LogP contribution is -2.02. The number of aryl methyl sites for hydroxylation is 1. The maximum absolute atomic E-state index is 11.1. The van der Waals surface area contributed by atoms with Crippen LogP contribution in [0, 0.1) is 6.92 Å². The van der Waals surface area contributed by atoms with Gasteiger partial charge in [0.2, 0.25) is 0 Å². The van der Waals surface area contributed by atoms with Gasteiger partial charge in [-0.1, -0.05) is 64.7 Å². The molecule has 1 rings (SSSR count). The molecule has 0 saturated heterocycles. The van der Waals surface area contributed by atoms with Gasteiger partial charge in [0.15, 0.2) is 0 Å². The molecule has 0 fully saturated rings. The third kappa shape index (κ3) is 8.69. The molecule has 0 aromatic heterocycles. The smallest absolute Gasteiger partial charge is 0.294 e. The molecule has 0 bridgehead atoms. The second-order valence-electron chi connectivity index (χ2n) is 6.43. The summed E-state index contributed by atoms with van der Waals surface area (Å²) in [4.78, 5) is -0.0613. The van der Waals surface area contributed by atoms with Crippen LogP contribution in [-0.4, -0.2) is 19.6 Å². The molecule has 0 spiro atoms. The Bertz CT molecular complexity index is 567. The minimum absolute atomic E-state index is 0.0613. The maximum Gasteiger partial charge on any atom is 0.294 e. The summed E-state index contributed by atoms with van der Waals surface area (Å²) in [5, 5.41) is 0. The molecule has 0 aliphatic carbocycles. The Balaban J connectivity index is 2.10. The quantitative estimate of drug-likeness (QED) is 0.372. The zero-order valence-corrected chi connectivity index (χ0v) is 15.9. The van der Waals surface area contributed by atoms with Gasteiger partial charge < -0.3 is 4.74 Å². The van der Waals surface area contributed by atoms with Gasteiger partial charge in [-0.2, -0.15) is 8.42 Å². The second kappa shape index (κ2) is 11.5. The monoisotopic (exact) mass is 356 g/mol. The SMILES string of the molecule is CCCCCCCCCCCCOc1ccc(S(=O)(=O)O)c(C)c1. The van der Waals surface area contributed by atoms with Gasteiger partial charge in [0.25, 0.3) is 10.1 Å². The predicted octanol–water partition coefficient (Wildman–Crippen LogP) is 5.54. The third-order valence-electron chi connectivity index (χ3n) is 4.19. The van der Waals surface area contributed by atoms with Crippen LogP contribution in [0.2, 0.25) is 0 Å². The summed E-state index contributed by atoms with van der Waals surface area (Å²) in [6, 6.07) is 4.63. The van der Waals surface area contributed by atoms with Crippen molar-refractivity contribution in [3.63, 3.8) is 0 Å². The van der Waals surface area contributed by atoms with Crippen molar-refractivity contribution < 1.29 is 17.7 Å². The summed E-state index contributed by atoms with van der Waals surface area (Å²) in [5.41, 5.74) is 0.498. The van der Waals surface area contributed by atoms with E-state index in [0.717, 1.165) is 12.8 Å². The minimum atomic E-state index is -4.15. The number of benzene rings is 1.